The van der Waals surface area contributed by atoms with E-state index in [1.165, 1.54) is 34.9 Å². The van der Waals surface area contributed by atoms with Gasteiger partial charge in [-0.3, -0.25) is 9.10 Å². The van der Waals surface area contributed by atoms with Gasteiger partial charge < -0.3 is 5.73 Å². The van der Waals surface area contributed by atoms with Crippen LogP contribution in [0.15, 0.2) is 46.0 Å². The molecule has 27 heavy (non-hydrogen) atoms. The van der Waals surface area contributed by atoms with Crippen molar-refractivity contribution in [3.05, 3.63) is 47.3 Å². The maximum Gasteiger partial charge on any atom is 0.274 e. The Labute approximate surface area is 165 Å². The second kappa shape index (κ2) is 8.44. The van der Waals surface area contributed by atoms with Gasteiger partial charge in [-0.1, -0.05) is 50.3 Å². The highest BCUT2D eigenvalue weighted by atomic mass is 32.2. The summed E-state index contributed by atoms with van der Waals surface area (Å²) in [4.78, 5) is 12.0. The zero-order valence-corrected chi connectivity index (χ0v) is 17.1. The van der Waals surface area contributed by atoms with E-state index in [4.69, 9.17) is 5.73 Å². The van der Waals surface area contributed by atoms with Crippen LogP contribution < -0.4 is 10.0 Å². The van der Waals surface area contributed by atoms with Gasteiger partial charge in [0.05, 0.1) is 11.3 Å². The van der Waals surface area contributed by atoms with Gasteiger partial charge >= 0.3 is 0 Å². The van der Waals surface area contributed by atoms with Crippen molar-refractivity contribution in [3.8, 4) is 0 Å². The van der Waals surface area contributed by atoms with Crippen molar-refractivity contribution in [1.82, 2.24) is 0 Å². The van der Waals surface area contributed by atoms with Crippen LogP contribution in [0, 0.1) is 5.92 Å². The van der Waals surface area contributed by atoms with Crippen LogP contribution in [-0.2, 0) is 10.0 Å². The largest absolute Gasteiger partial charge is 0.366 e. The molecule has 0 bridgehead atoms. The van der Waals surface area contributed by atoms with Crippen LogP contribution in [0.25, 0.3) is 0 Å². The number of carbonyl (C=O) groups is 1. The molecular weight excluding hydrogens is 380 g/mol. The molecule has 0 spiro atoms. The van der Waals surface area contributed by atoms with Gasteiger partial charge in [-0.25, -0.2) is 8.42 Å². The average Bonchev–Trinajstić information content (AvgIpc) is 3.18. The number of primary amides is 1. The molecule has 0 radical (unpaired) electrons. The van der Waals surface area contributed by atoms with Crippen LogP contribution in [0.1, 0.15) is 55.8 Å². The molecule has 2 aromatic rings. The van der Waals surface area contributed by atoms with Gasteiger partial charge in [0, 0.05) is 6.04 Å². The smallest absolute Gasteiger partial charge is 0.274 e. The fraction of sp³-hybridized carbons (Fsp3) is 0.450. The molecule has 1 aliphatic carbocycles. The number of thiophene rings is 1. The standard InChI is InChI=1S/C20H26N2O3S2/c1-15(14-16-8-3-2-4-9-16)22(27(24,25)19-12-7-13-26-19)18-11-6-5-10-17(18)20(21)23/h5-7,10-13,15-16H,2-4,8-9,14H2,1H3,(H2,21,23)/t15-/m0/s1. The third-order valence-corrected chi connectivity index (χ3v) is 8.52. The van der Waals surface area contributed by atoms with Gasteiger partial charge in [-0.2, -0.15) is 0 Å². The van der Waals surface area contributed by atoms with Crippen molar-refractivity contribution >= 4 is 33.0 Å². The molecule has 1 saturated carbocycles. The monoisotopic (exact) mass is 406 g/mol. The Morgan fingerprint density at radius 2 is 1.89 bits per heavy atom. The van der Waals surface area contributed by atoms with Crippen LogP contribution in [0.2, 0.25) is 0 Å². The lowest BCUT2D eigenvalue weighted by Gasteiger charge is -2.34. The van der Waals surface area contributed by atoms with Crippen LogP contribution in [0.5, 0.6) is 0 Å². The summed E-state index contributed by atoms with van der Waals surface area (Å²) in [5.41, 5.74) is 6.13. The van der Waals surface area contributed by atoms with Crippen molar-refractivity contribution in [2.75, 3.05) is 4.31 Å². The van der Waals surface area contributed by atoms with Gasteiger partial charge in [0.1, 0.15) is 4.21 Å². The fourth-order valence-electron chi connectivity index (χ4n) is 3.99. The second-order valence-electron chi connectivity index (χ2n) is 7.20. The topological polar surface area (TPSA) is 80.5 Å². The summed E-state index contributed by atoms with van der Waals surface area (Å²) in [5, 5.41) is 1.75. The first-order valence-electron chi connectivity index (χ1n) is 9.38. The molecule has 1 aromatic heterocycles. The molecule has 146 valence electrons. The Hall–Kier alpha value is -1.86. The zero-order valence-electron chi connectivity index (χ0n) is 15.5. The number of rotatable bonds is 7. The number of nitrogens with zero attached hydrogens (tertiary/aromatic N) is 1. The van der Waals surface area contributed by atoms with Crippen LogP contribution in [0.4, 0.5) is 5.69 Å². The molecule has 1 atom stereocenters. The minimum absolute atomic E-state index is 0.230. The van der Waals surface area contributed by atoms with Crippen molar-refractivity contribution in [2.45, 2.75) is 55.7 Å². The average molecular weight is 407 g/mol. The van der Waals surface area contributed by atoms with Gasteiger partial charge in [0.15, 0.2) is 0 Å². The first-order valence-corrected chi connectivity index (χ1v) is 11.7. The molecule has 1 aromatic carbocycles. The minimum atomic E-state index is -3.77. The minimum Gasteiger partial charge on any atom is -0.366 e. The third kappa shape index (κ3) is 4.35. The number of carbonyl (C=O) groups excluding carboxylic acids is 1. The molecule has 2 N–H and O–H groups in total. The number of nitrogens with two attached hydrogens (primary N) is 1. The Kier molecular flexibility index (Phi) is 6.22. The van der Waals surface area contributed by atoms with Crippen LogP contribution in [-0.4, -0.2) is 20.4 Å². The van der Waals surface area contributed by atoms with E-state index in [1.807, 2.05) is 6.92 Å². The number of sulfonamides is 1. The van der Waals surface area contributed by atoms with E-state index < -0.39 is 15.9 Å². The van der Waals surface area contributed by atoms with Gasteiger partial charge in [0.25, 0.3) is 15.9 Å². The number of para-hydroxylation sites is 1. The quantitative estimate of drug-likeness (QED) is 0.740. The number of amides is 1. The Morgan fingerprint density at radius 3 is 2.52 bits per heavy atom. The predicted octanol–water partition coefficient (Wildman–Crippen LogP) is 4.40. The molecule has 0 aliphatic heterocycles. The molecule has 3 rings (SSSR count). The van der Waals surface area contributed by atoms with Gasteiger partial charge in [-0.05, 0) is 42.8 Å². The summed E-state index contributed by atoms with van der Waals surface area (Å²) in [6.45, 7) is 1.93. The molecule has 5 nitrogen and oxygen atoms in total. The third-order valence-electron chi connectivity index (χ3n) is 5.21. The number of benzene rings is 1. The molecule has 7 heteroatoms. The molecule has 1 fully saturated rings. The summed E-state index contributed by atoms with van der Waals surface area (Å²) in [5.74, 6) is -0.114. The second-order valence-corrected chi connectivity index (χ2v) is 10.2. The van der Waals surface area contributed by atoms with E-state index >= 15 is 0 Å². The van der Waals surface area contributed by atoms with Gasteiger partial charge in [-0.15, -0.1) is 11.3 Å². The van der Waals surface area contributed by atoms with Gasteiger partial charge in [0.2, 0.25) is 0 Å². The number of anilines is 1. The summed E-state index contributed by atoms with van der Waals surface area (Å²) in [7, 11) is -3.77. The molecule has 0 unspecified atom stereocenters. The molecule has 1 heterocycles. The van der Waals surface area contributed by atoms with E-state index in [1.54, 1.807) is 41.8 Å². The van der Waals surface area contributed by atoms with E-state index in [0.29, 0.717) is 11.6 Å². The van der Waals surface area contributed by atoms with E-state index in [9.17, 15) is 13.2 Å². The summed E-state index contributed by atoms with van der Waals surface area (Å²) < 4.78 is 28.6. The van der Waals surface area contributed by atoms with E-state index in [-0.39, 0.29) is 15.8 Å². The lowest BCUT2D eigenvalue weighted by Crippen LogP contribution is -2.41. The maximum absolute atomic E-state index is 13.4. The highest BCUT2D eigenvalue weighted by Crippen LogP contribution is 2.35. The molecule has 1 amide bonds. The highest BCUT2D eigenvalue weighted by molar-refractivity contribution is 7.94. The first kappa shape index (κ1) is 19.9. The lowest BCUT2D eigenvalue weighted by atomic mass is 9.85. The highest BCUT2D eigenvalue weighted by Gasteiger charge is 2.33. The lowest BCUT2D eigenvalue weighted by molar-refractivity contribution is 0.100. The van der Waals surface area contributed by atoms with E-state index in [2.05, 4.69) is 0 Å². The molecular formula is C20H26N2O3S2. The zero-order chi connectivity index (χ0) is 19.4. The van der Waals surface area contributed by atoms with Crippen molar-refractivity contribution < 1.29 is 13.2 Å². The van der Waals surface area contributed by atoms with E-state index in [0.717, 1.165) is 19.3 Å². The van der Waals surface area contributed by atoms with Crippen LogP contribution in [0.3, 0.4) is 0 Å². The normalized spacial score (nSPS) is 16.8. The fourth-order valence-corrected chi connectivity index (χ4v) is 6.75. The van der Waals surface area contributed by atoms with Crippen molar-refractivity contribution in [2.24, 2.45) is 11.7 Å². The molecule has 0 saturated heterocycles. The Balaban J connectivity index is 2.03. The summed E-state index contributed by atoms with van der Waals surface area (Å²) in [6, 6.07) is 9.76. The Morgan fingerprint density at radius 1 is 1.19 bits per heavy atom. The summed E-state index contributed by atoms with van der Waals surface area (Å²) in [6.07, 6.45) is 6.70. The van der Waals surface area contributed by atoms with Crippen molar-refractivity contribution in [3.63, 3.8) is 0 Å². The predicted molar refractivity (Wildman–Crippen MR) is 110 cm³/mol. The maximum atomic E-state index is 13.4. The van der Waals surface area contributed by atoms with Crippen molar-refractivity contribution in [1.29, 1.82) is 0 Å². The number of hydrogen-bond donors (Lipinski definition) is 1. The first-order chi connectivity index (χ1) is 12.9. The Bertz CT molecular complexity index is 872. The summed E-state index contributed by atoms with van der Waals surface area (Å²) >= 11 is 1.18. The molecule has 1 aliphatic rings. The SMILES string of the molecule is C[C@@H](CC1CCCCC1)N(c1ccccc1C(N)=O)S(=O)(=O)c1cccs1. The van der Waals surface area contributed by atoms with Crippen LogP contribution >= 0.6 is 11.3 Å². The number of hydrogen-bond acceptors (Lipinski definition) is 4.